The minimum absolute atomic E-state index is 0.0346. The zero-order valence-electron chi connectivity index (χ0n) is 18.7. The summed E-state index contributed by atoms with van der Waals surface area (Å²) in [4.78, 5) is 12.2. The topological polar surface area (TPSA) is 79.6 Å². The average Bonchev–Trinajstić information content (AvgIpc) is 3.48. The summed E-state index contributed by atoms with van der Waals surface area (Å²) in [5.41, 5.74) is 3.15. The number of hydrogen-bond acceptors (Lipinski definition) is 7. The molecule has 164 valence electrons. The van der Waals surface area contributed by atoms with E-state index in [0.29, 0.717) is 23.8 Å². The molecule has 0 saturated carbocycles. The first kappa shape index (κ1) is 20.1. The molecule has 2 unspecified atom stereocenters. The van der Waals surface area contributed by atoms with Crippen molar-refractivity contribution < 1.29 is 4.74 Å². The van der Waals surface area contributed by atoms with Crippen molar-refractivity contribution >= 4 is 17.5 Å². The first-order valence-corrected chi connectivity index (χ1v) is 11.2. The van der Waals surface area contributed by atoms with E-state index in [2.05, 4.69) is 47.5 Å². The molecule has 3 aromatic rings. The maximum Gasteiger partial charge on any atom is 0.230 e. The number of methoxy groups -OCH3 is 1. The fourth-order valence-corrected chi connectivity index (χ4v) is 4.73. The van der Waals surface area contributed by atoms with Crippen LogP contribution in [-0.2, 0) is 0 Å². The average molecular weight is 422 g/mol. The van der Waals surface area contributed by atoms with Gasteiger partial charge in [0.25, 0.3) is 0 Å². The largest absolute Gasteiger partial charge is 0.497 e. The molecule has 2 aromatic heterocycles. The molecule has 0 radical (unpaired) electrons. The molecule has 2 saturated heterocycles. The van der Waals surface area contributed by atoms with E-state index in [4.69, 9.17) is 14.7 Å². The Morgan fingerprint density at radius 3 is 2.84 bits per heavy atom. The Balaban J connectivity index is 1.51. The predicted molar refractivity (Wildman–Crippen MR) is 122 cm³/mol. The third-order valence-electron chi connectivity index (χ3n) is 6.59. The zero-order valence-corrected chi connectivity index (χ0v) is 18.7. The second-order valence-corrected chi connectivity index (χ2v) is 8.99. The van der Waals surface area contributed by atoms with Crippen molar-refractivity contribution in [3.05, 3.63) is 41.6 Å². The molecular weight excluding hydrogens is 390 g/mol. The third-order valence-corrected chi connectivity index (χ3v) is 6.59. The van der Waals surface area contributed by atoms with Gasteiger partial charge in [-0.05, 0) is 49.4 Å². The fourth-order valence-electron chi connectivity index (χ4n) is 4.73. The molecule has 2 aliphatic heterocycles. The quantitative estimate of drug-likeness (QED) is 0.633. The van der Waals surface area contributed by atoms with Crippen LogP contribution in [0, 0.1) is 5.92 Å². The fraction of sp³-hybridized carbons (Fsp3) is 0.522. The summed E-state index contributed by atoms with van der Waals surface area (Å²) in [5.74, 6) is 3.36. The Bertz CT molecular complexity index is 1070. The molecule has 0 spiro atoms. The molecule has 8 nitrogen and oxygen atoms in total. The Morgan fingerprint density at radius 1 is 1.19 bits per heavy atom. The van der Waals surface area contributed by atoms with Crippen LogP contribution in [-0.4, -0.2) is 52.4 Å². The van der Waals surface area contributed by atoms with Gasteiger partial charge in [0.05, 0.1) is 19.3 Å². The highest BCUT2D eigenvalue weighted by Gasteiger charge is 2.37. The molecule has 0 amide bonds. The Hall–Kier alpha value is -2.87. The summed E-state index contributed by atoms with van der Waals surface area (Å²) in [5, 5.41) is 11.8. The molecular formula is C23H31N7O. The van der Waals surface area contributed by atoms with Gasteiger partial charge in [0.15, 0.2) is 5.65 Å². The number of nitrogens with one attached hydrogen (secondary N) is 2. The van der Waals surface area contributed by atoms with Gasteiger partial charge in [0, 0.05) is 24.7 Å². The number of fused-ring (bicyclic) bond motifs is 2. The van der Waals surface area contributed by atoms with Gasteiger partial charge in [0.2, 0.25) is 11.9 Å². The van der Waals surface area contributed by atoms with Crippen molar-refractivity contribution in [3.8, 4) is 5.75 Å². The molecule has 2 fully saturated rings. The van der Waals surface area contributed by atoms with Gasteiger partial charge in [-0.15, -0.1) is 0 Å². The molecule has 8 heteroatoms. The van der Waals surface area contributed by atoms with Crippen LogP contribution in [0.2, 0.25) is 0 Å². The van der Waals surface area contributed by atoms with Gasteiger partial charge < -0.3 is 20.3 Å². The minimum Gasteiger partial charge on any atom is -0.497 e. The third kappa shape index (κ3) is 3.69. The first-order valence-electron chi connectivity index (χ1n) is 11.2. The van der Waals surface area contributed by atoms with E-state index < -0.39 is 0 Å². The Labute approximate surface area is 183 Å². The van der Waals surface area contributed by atoms with Crippen molar-refractivity contribution in [1.29, 1.82) is 0 Å². The van der Waals surface area contributed by atoms with Gasteiger partial charge in [-0.25, -0.2) is 0 Å². The van der Waals surface area contributed by atoms with Gasteiger partial charge in [0.1, 0.15) is 5.75 Å². The van der Waals surface area contributed by atoms with E-state index in [1.807, 2.05) is 28.9 Å². The number of nitrogens with zero attached hydrogens (tertiary/aromatic N) is 5. The normalized spacial score (nSPS) is 21.6. The lowest BCUT2D eigenvalue weighted by Crippen LogP contribution is -2.31. The Morgan fingerprint density at radius 2 is 2.06 bits per heavy atom. The van der Waals surface area contributed by atoms with Crippen LogP contribution in [0.15, 0.2) is 30.5 Å². The van der Waals surface area contributed by atoms with E-state index in [9.17, 15) is 0 Å². The number of aromatic nitrogens is 4. The molecule has 2 aliphatic rings. The van der Waals surface area contributed by atoms with Crippen LogP contribution < -0.4 is 20.3 Å². The monoisotopic (exact) mass is 421 g/mol. The molecule has 0 bridgehead atoms. The summed E-state index contributed by atoms with van der Waals surface area (Å²) in [7, 11) is 1.69. The lowest BCUT2D eigenvalue weighted by Gasteiger charge is -2.21. The summed E-state index contributed by atoms with van der Waals surface area (Å²) in [6.45, 7) is 9.55. The van der Waals surface area contributed by atoms with Gasteiger partial charge in [-0.2, -0.15) is 19.6 Å². The van der Waals surface area contributed by atoms with E-state index in [1.165, 1.54) is 6.42 Å². The second kappa shape index (κ2) is 8.00. The lowest BCUT2D eigenvalue weighted by molar-refractivity contribution is 0.414. The minimum atomic E-state index is 0.0346. The molecule has 31 heavy (non-hydrogen) atoms. The number of rotatable bonds is 6. The predicted octanol–water partition coefficient (Wildman–Crippen LogP) is 3.23. The molecule has 0 aliphatic carbocycles. The van der Waals surface area contributed by atoms with Crippen LogP contribution in [0.25, 0.3) is 5.65 Å². The highest BCUT2D eigenvalue weighted by Crippen LogP contribution is 2.30. The lowest BCUT2D eigenvalue weighted by atomic mass is 10.1. The SMILES string of the molecule is COc1cccc([C@H](C)Nc2nc(N3CC4CCNC4C3)nc3c(C(C)C)cnn23)c1. The van der Waals surface area contributed by atoms with Crippen LogP contribution in [0.5, 0.6) is 5.75 Å². The summed E-state index contributed by atoms with van der Waals surface area (Å²) < 4.78 is 7.23. The van der Waals surface area contributed by atoms with Crippen LogP contribution >= 0.6 is 0 Å². The molecule has 4 heterocycles. The smallest absolute Gasteiger partial charge is 0.230 e. The molecule has 2 N–H and O–H groups in total. The standard InChI is InChI=1S/C23H31N7O/c1-14(2)19-11-25-30-21(19)27-22(29-12-17-8-9-24-20(17)13-29)28-23(30)26-15(3)16-6-5-7-18(10-16)31-4/h5-7,10-11,14-15,17,20,24H,8-9,12-13H2,1-4H3,(H,26,27,28)/t15-,17?,20?/m0/s1. The maximum atomic E-state index is 5.39. The van der Waals surface area contributed by atoms with E-state index >= 15 is 0 Å². The highest BCUT2D eigenvalue weighted by molar-refractivity contribution is 5.57. The zero-order chi connectivity index (χ0) is 21.5. The number of hydrogen-bond donors (Lipinski definition) is 2. The molecule has 1 aromatic carbocycles. The van der Waals surface area contributed by atoms with Crippen molar-refractivity contribution in [2.75, 3.05) is 37.0 Å². The summed E-state index contributed by atoms with van der Waals surface area (Å²) in [6.07, 6.45) is 3.14. The number of benzene rings is 1. The van der Waals surface area contributed by atoms with Gasteiger partial charge in [-0.3, -0.25) is 0 Å². The van der Waals surface area contributed by atoms with Crippen molar-refractivity contribution in [2.24, 2.45) is 5.92 Å². The van der Waals surface area contributed by atoms with Gasteiger partial charge >= 0.3 is 0 Å². The molecule has 3 atom stereocenters. The maximum absolute atomic E-state index is 5.39. The highest BCUT2D eigenvalue weighted by atomic mass is 16.5. The summed E-state index contributed by atoms with van der Waals surface area (Å²) in [6, 6.07) is 8.68. The van der Waals surface area contributed by atoms with Gasteiger partial charge in [-0.1, -0.05) is 26.0 Å². The second-order valence-electron chi connectivity index (χ2n) is 8.99. The van der Waals surface area contributed by atoms with Crippen molar-refractivity contribution in [3.63, 3.8) is 0 Å². The van der Waals surface area contributed by atoms with Crippen molar-refractivity contribution in [2.45, 2.75) is 45.2 Å². The van der Waals surface area contributed by atoms with Crippen LogP contribution in [0.4, 0.5) is 11.9 Å². The van der Waals surface area contributed by atoms with Crippen LogP contribution in [0.3, 0.4) is 0 Å². The Kier molecular flexibility index (Phi) is 5.17. The first-order chi connectivity index (χ1) is 15.0. The number of ether oxygens (including phenoxy) is 1. The van der Waals surface area contributed by atoms with E-state index in [1.54, 1.807) is 7.11 Å². The molecule has 5 rings (SSSR count). The van der Waals surface area contributed by atoms with E-state index in [-0.39, 0.29) is 6.04 Å². The van der Waals surface area contributed by atoms with Crippen LogP contribution in [0.1, 0.15) is 50.3 Å². The number of anilines is 2. The summed E-state index contributed by atoms with van der Waals surface area (Å²) >= 11 is 0. The van der Waals surface area contributed by atoms with E-state index in [0.717, 1.165) is 48.1 Å². The van der Waals surface area contributed by atoms with Crippen molar-refractivity contribution in [1.82, 2.24) is 24.9 Å².